The van der Waals surface area contributed by atoms with E-state index in [9.17, 15) is 0 Å². The molecule has 1 aromatic rings. The minimum Gasteiger partial charge on any atom is -0.360 e. The van der Waals surface area contributed by atoms with Crippen molar-refractivity contribution in [2.24, 2.45) is 0 Å². The van der Waals surface area contributed by atoms with E-state index in [0.29, 0.717) is 23.1 Å². The standard InChI is InChI=1S/C23H38N6S/c1-18-11-7-10-16-29(18)21-17-20(28-14-8-4-9-15-28)25-22(26-21)27-23(30)24-19-12-5-2-3-6-13-19/h17-19H,2-16H2,1H3,(H2,24,25,26,27,30). The van der Waals surface area contributed by atoms with Gasteiger partial charge in [-0.1, -0.05) is 25.7 Å². The van der Waals surface area contributed by atoms with Gasteiger partial charge in [-0.15, -0.1) is 0 Å². The maximum Gasteiger partial charge on any atom is 0.232 e. The maximum atomic E-state index is 5.65. The van der Waals surface area contributed by atoms with Crippen LogP contribution < -0.4 is 20.4 Å². The van der Waals surface area contributed by atoms with Gasteiger partial charge < -0.3 is 20.4 Å². The van der Waals surface area contributed by atoms with Crippen molar-refractivity contribution >= 4 is 34.9 Å². The highest BCUT2D eigenvalue weighted by Gasteiger charge is 2.23. The van der Waals surface area contributed by atoms with Gasteiger partial charge in [0.15, 0.2) is 5.11 Å². The second-order valence-electron chi connectivity index (χ2n) is 9.28. The van der Waals surface area contributed by atoms with E-state index in [1.807, 2.05) is 0 Å². The third-order valence-corrected chi connectivity index (χ3v) is 7.11. The van der Waals surface area contributed by atoms with E-state index in [0.717, 1.165) is 31.3 Å². The predicted octanol–water partition coefficient (Wildman–Crippen LogP) is 4.85. The van der Waals surface area contributed by atoms with Gasteiger partial charge in [-0.05, 0) is 70.5 Å². The molecular weight excluding hydrogens is 392 g/mol. The molecule has 3 aliphatic rings. The lowest BCUT2D eigenvalue weighted by Gasteiger charge is -2.35. The first-order valence-corrected chi connectivity index (χ1v) is 12.6. The summed E-state index contributed by atoms with van der Waals surface area (Å²) < 4.78 is 0. The Bertz CT molecular complexity index is 697. The lowest BCUT2D eigenvalue weighted by atomic mass is 10.0. The van der Waals surface area contributed by atoms with Crippen molar-refractivity contribution in [3.63, 3.8) is 0 Å². The maximum absolute atomic E-state index is 5.65. The van der Waals surface area contributed by atoms with Gasteiger partial charge in [0.25, 0.3) is 0 Å². The second kappa shape index (κ2) is 10.6. The fraction of sp³-hybridized carbons (Fsp3) is 0.783. The van der Waals surface area contributed by atoms with Crippen LogP contribution in [-0.4, -0.2) is 46.8 Å². The number of hydrogen-bond donors (Lipinski definition) is 2. The Kier molecular flexibility index (Phi) is 7.63. The van der Waals surface area contributed by atoms with Crippen molar-refractivity contribution in [3.05, 3.63) is 6.07 Å². The van der Waals surface area contributed by atoms with E-state index >= 15 is 0 Å². The molecule has 7 heteroatoms. The summed E-state index contributed by atoms with van der Waals surface area (Å²) in [5.41, 5.74) is 0. The zero-order chi connectivity index (χ0) is 20.8. The van der Waals surface area contributed by atoms with Crippen LogP contribution in [0.3, 0.4) is 0 Å². The van der Waals surface area contributed by atoms with E-state index in [1.54, 1.807) is 0 Å². The molecule has 1 aliphatic carbocycles. The molecule has 1 saturated carbocycles. The zero-order valence-electron chi connectivity index (χ0n) is 18.5. The molecule has 4 rings (SSSR count). The number of thiocarbonyl (C=S) groups is 1. The summed E-state index contributed by atoms with van der Waals surface area (Å²) in [6.45, 7) is 5.54. The molecular formula is C23H38N6S. The van der Waals surface area contributed by atoms with E-state index in [4.69, 9.17) is 22.2 Å². The van der Waals surface area contributed by atoms with Crippen LogP contribution in [0.4, 0.5) is 17.6 Å². The second-order valence-corrected chi connectivity index (χ2v) is 9.69. The number of nitrogens with zero attached hydrogens (tertiary/aromatic N) is 4. The average Bonchev–Trinajstić information content (AvgIpc) is 3.03. The number of nitrogens with one attached hydrogen (secondary N) is 2. The largest absolute Gasteiger partial charge is 0.360 e. The van der Waals surface area contributed by atoms with Gasteiger partial charge in [0.2, 0.25) is 5.95 Å². The molecule has 0 amide bonds. The number of aromatic nitrogens is 2. The fourth-order valence-corrected chi connectivity index (χ4v) is 5.35. The molecule has 166 valence electrons. The van der Waals surface area contributed by atoms with Gasteiger partial charge in [-0.2, -0.15) is 9.97 Å². The van der Waals surface area contributed by atoms with Gasteiger partial charge >= 0.3 is 0 Å². The van der Waals surface area contributed by atoms with Gasteiger partial charge in [-0.3, -0.25) is 0 Å². The first-order valence-electron chi connectivity index (χ1n) is 12.2. The van der Waals surface area contributed by atoms with Crippen molar-refractivity contribution in [2.45, 2.75) is 96.1 Å². The summed E-state index contributed by atoms with van der Waals surface area (Å²) in [7, 11) is 0. The first kappa shape index (κ1) is 21.6. The number of hydrogen-bond acceptors (Lipinski definition) is 5. The van der Waals surface area contributed by atoms with Crippen LogP contribution >= 0.6 is 12.2 Å². The van der Waals surface area contributed by atoms with Crippen molar-refractivity contribution in [1.29, 1.82) is 0 Å². The van der Waals surface area contributed by atoms with E-state index < -0.39 is 0 Å². The fourth-order valence-electron chi connectivity index (χ4n) is 5.10. The summed E-state index contributed by atoms with van der Waals surface area (Å²) in [5, 5.41) is 7.52. The number of anilines is 3. The minimum absolute atomic E-state index is 0.472. The monoisotopic (exact) mass is 430 g/mol. The molecule has 0 radical (unpaired) electrons. The molecule has 1 unspecified atom stereocenters. The van der Waals surface area contributed by atoms with E-state index in [1.165, 1.54) is 77.0 Å². The van der Waals surface area contributed by atoms with Crippen molar-refractivity contribution in [1.82, 2.24) is 15.3 Å². The van der Waals surface area contributed by atoms with Gasteiger partial charge in [0.1, 0.15) is 11.6 Å². The highest BCUT2D eigenvalue weighted by molar-refractivity contribution is 7.80. The Hall–Kier alpha value is -1.63. The van der Waals surface area contributed by atoms with E-state index in [2.05, 4.69) is 33.4 Å². The molecule has 6 nitrogen and oxygen atoms in total. The minimum atomic E-state index is 0.472. The summed E-state index contributed by atoms with van der Waals surface area (Å²) >= 11 is 5.65. The Labute approximate surface area is 187 Å². The Morgan fingerprint density at radius 1 is 0.867 bits per heavy atom. The van der Waals surface area contributed by atoms with Crippen LogP contribution in [0.5, 0.6) is 0 Å². The molecule has 0 spiro atoms. The topological polar surface area (TPSA) is 56.3 Å². The molecule has 3 fully saturated rings. The molecule has 2 saturated heterocycles. The molecule has 1 atom stereocenters. The van der Waals surface area contributed by atoms with Crippen LogP contribution in [0.2, 0.25) is 0 Å². The molecule has 30 heavy (non-hydrogen) atoms. The number of rotatable bonds is 4. The molecule has 1 aromatic heterocycles. The summed E-state index contributed by atoms with van der Waals surface area (Å²) in [6.07, 6.45) is 15.2. The smallest absolute Gasteiger partial charge is 0.232 e. The normalized spacial score (nSPS) is 23.7. The lowest BCUT2D eigenvalue weighted by Crippen LogP contribution is -2.40. The van der Waals surface area contributed by atoms with Crippen LogP contribution in [0.25, 0.3) is 0 Å². The number of piperidine rings is 2. The highest BCUT2D eigenvalue weighted by atomic mass is 32.1. The first-order chi connectivity index (χ1) is 14.7. The summed E-state index contributed by atoms with van der Waals surface area (Å²) in [6, 6.07) is 3.19. The average molecular weight is 431 g/mol. The van der Waals surface area contributed by atoms with Crippen LogP contribution in [-0.2, 0) is 0 Å². The van der Waals surface area contributed by atoms with Gasteiger partial charge in [0.05, 0.1) is 0 Å². The Morgan fingerprint density at radius 2 is 1.50 bits per heavy atom. The molecule has 0 bridgehead atoms. The SMILES string of the molecule is CC1CCCCN1c1cc(N2CCCCC2)nc(NC(=S)NC2CCCCCC2)n1. The quantitative estimate of drug-likeness (QED) is 0.523. The lowest BCUT2D eigenvalue weighted by molar-refractivity contribution is 0.481. The van der Waals surface area contributed by atoms with Gasteiger partial charge in [-0.25, -0.2) is 0 Å². The molecule has 3 heterocycles. The van der Waals surface area contributed by atoms with Crippen molar-refractivity contribution in [2.75, 3.05) is 34.8 Å². The Balaban J connectivity index is 1.51. The zero-order valence-corrected chi connectivity index (χ0v) is 19.4. The Morgan fingerprint density at radius 3 is 2.23 bits per heavy atom. The summed E-state index contributed by atoms with van der Waals surface area (Å²) in [4.78, 5) is 14.6. The van der Waals surface area contributed by atoms with E-state index in [-0.39, 0.29) is 0 Å². The predicted molar refractivity (Wildman–Crippen MR) is 130 cm³/mol. The van der Waals surface area contributed by atoms with Crippen molar-refractivity contribution < 1.29 is 0 Å². The van der Waals surface area contributed by atoms with Crippen LogP contribution in [0, 0.1) is 0 Å². The van der Waals surface area contributed by atoms with Crippen molar-refractivity contribution in [3.8, 4) is 0 Å². The van der Waals surface area contributed by atoms with Crippen LogP contribution in [0.15, 0.2) is 6.07 Å². The molecule has 2 aliphatic heterocycles. The molecule has 2 N–H and O–H groups in total. The molecule has 0 aromatic carbocycles. The summed E-state index contributed by atoms with van der Waals surface area (Å²) in [5.74, 6) is 2.71. The van der Waals surface area contributed by atoms with Crippen LogP contribution in [0.1, 0.15) is 84.0 Å². The third-order valence-electron chi connectivity index (χ3n) is 6.89. The van der Waals surface area contributed by atoms with Gasteiger partial charge in [0, 0.05) is 37.8 Å². The highest BCUT2D eigenvalue weighted by Crippen LogP contribution is 2.28. The third kappa shape index (κ3) is 5.74.